The first kappa shape index (κ1) is 15.5. The predicted octanol–water partition coefficient (Wildman–Crippen LogP) is 1.95. The van der Waals surface area contributed by atoms with Gasteiger partial charge >= 0.3 is 6.03 Å². The number of thiocarbonyl (C=S) groups is 1. The summed E-state index contributed by atoms with van der Waals surface area (Å²) in [6.45, 7) is 0. The van der Waals surface area contributed by atoms with Crippen LogP contribution in [0.1, 0.15) is 64.2 Å². The summed E-state index contributed by atoms with van der Waals surface area (Å²) in [5.41, 5.74) is 2.08. The molecule has 7 heteroatoms. The van der Waals surface area contributed by atoms with Gasteiger partial charge in [-0.1, -0.05) is 38.5 Å². The molecule has 2 saturated carbocycles. The van der Waals surface area contributed by atoms with Crippen LogP contribution in [-0.4, -0.2) is 33.6 Å². The molecule has 0 aromatic rings. The molecule has 2 aliphatic carbocycles. The summed E-state index contributed by atoms with van der Waals surface area (Å²) in [4.78, 5) is 24.7. The number of nitrogens with one attached hydrogen (secondary N) is 3. The molecule has 0 bridgehead atoms. The Hall–Kier alpha value is -1.37. The highest BCUT2D eigenvalue weighted by Crippen LogP contribution is 2.32. The Labute approximate surface area is 136 Å². The highest BCUT2D eigenvalue weighted by Gasteiger charge is 2.51. The lowest BCUT2D eigenvalue weighted by atomic mass is 9.82. The van der Waals surface area contributed by atoms with Crippen molar-refractivity contribution in [1.29, 1.82) is 0 Å². The molecule has 1 aliphatic heterocycles. The number of hydrazine groups is 1. The molecule has 6 nitrogen and oxygen atoms in total. The minimum Gasteiger partial charge on any atom is -0.359 e. The third kappa shape index (κ3) is 3.04. The van der Waals surface area contributed by atoms with E-state index in [0.29, 0.717) is 11.2 Å². The molecular weight excluding hydrogens is 300 g/mol. The Kier molecular flexibility index (Phi) is 4.52. The first-order chi connectivity index (χ1) is 10.6. The van der Waals surface area contributed by atoms with Crippen LogP contribution < -0.4 is 16.1 Å². The van der Waals surface area contributed by atoms with Crippen molar-refractivity contribution in [2.45, 2.75) is 75.8 Å². The first-order valence-corrected chi connectivity index (χ1v) is 8.75. The Morgan fingerprint density at radius 1 is 1.09 bits per heavy atom. The van der Waals surface area contributed by atoms with Gasteiger partial charge in [-0.3, -0.25) is 10.2 Å². The van der Waals surface area contributed by atoms with Crippen LogP contribution in [0.5, 0.6) is 0 Å². The Morgan fingerprint density at radius 3 is 2.41 bits per heavy atom. The molecule has 3 aliphatic rings. The van der Waals surface area contributed by atoms with E-state index in [1.54, 1.807) is 0 Å². The van der Waals surface area contributed by atoms with Gasteiger partial charge in [0.15, 0.2) is 5.11 Å². The number of amides is 3. The average molecular weight is 324 g/mol. The topological polar surface area (TPSA) is 73.5 Å². The number of urea groups is 1. The Balaban J connectivity index is 1.58. The first-order valence-electron chi connectivity index (χ1n) is 8.35. The lowest BCUT2D eigenvalue weighted by Crippen LogP contribution is -2.54. The monoisotopic (exact) mass is 324 g/mol. The fraction of sp³-hybridized carbons (Fsp3) is 0.800. The number of nitrogens with zero attached hydrogens (tertiary/aromatic N) is 1. The summed E-state index contributed by atoms with van der Waals surface area (Å²) in [6.07, 6.45) is 10.4. The number of carbonyl (C=O) groups excluding carboxylic acids is 2. The van der Waals surface area contributed by atoms with E-state index in [0.717, 1.165) is 50.0 Å². The maximum atomic E-state index is 12.6. The summed E-state index contributed by atoms with van der Waals surface area (Å²) >= 11 is 5.27. The molecule has 0 aromatic heterocycles. The van der Waals surface area contributed by atoms with Crippen molar-refractivity contribution in [3.05, 3.63) is 0 Å². The van der Waals surface area contributed by atoms with Crippen molar-refractivity contribution >= 4 is 29.3 Å². The average Bonchev–Trinajstić information content (AvgIpc) is 2.73. The molecule has 0 aromatic carbocycles. The summed E-state index contributed by atoms with van der Waals surface area (Å²) in [6, 6.07) is -0.0437. The predicted molar refractivity (Wildman–Crippen MR) is 86.9 cm³/mol. The lowest BCUT2D eigenvalue weighted by molar-refractivity contribution is -0.133. The smallest absolute Gasteiger partial charge is 0.344 e. The molecule has 3 fully saturated rings. The molecule has 1 spiro atoms. The number of rotatable bonds is 2. The number of hydrogen-bond donors (Lipinski definition) is 3. The fourth-order valence-corrected chi connectivity index (χ4v) is 4.04. The van der Waals surface area contributed by atoms with Gasteiger partial charge in [0, 0.05) is 6.04 Å². The van der Waals surface area contributed by atoms with Crippen LogP contribution in [0.3, 0.4) is 0 Å². The summed E-state index contributed by atoms with van der Waals surface area (Å²) in [7, 11) is 0. The third-order valence-corrected chi connectivity index (χ3v) is 5.23. The molecule has 3 rings (SSSR count). The van der Waals surface area contributed by atoms with Gasteiger partial charge in [0.25, 0.3) is 5.91 Å². The van der Waals surface area contributed by atoms with Crippen molar-refractivity contribution in [3.63, 3.8) is 0 Å². The van der Waals surface area contributed by atoms with Crippen LogP contribution in [0.2, 0.25) is 0 Å². The number of carbonyl (C=O) groups is 2. The molecule has 1 saturated heterocycles. The van der Waals surface area contributed by atoms with Crippen LogP contribution in [0, 0.1) is 0 Å². The van der Waals surface area contributed by atoms with Crippen LogP contribution in [0.15, 0.2) is 0 Å². The van der Waals surface area contributed by atoms with Crippen LogP contribution in [-0.2, 0) is 4.79 Å². The van der Waals surface area contributed by atoms with Gasteiger partial charge in [-0.05, 0) is 37.9 Å². The van der Waals surface area contributed by atoms with Gasteiger partial charge in [-0.15, -0.1) is 0 Å². The maximum Gasteiger partial charge on any atom is 0.344 e. The standard InChI is InChI=1S/C15H24N4O2S/c20-12-15(9-5-2-6-10-15)17-14(21)19(12)18-13(22)16-11-7-3-1-4-8-11/h11H,1-10H2,(H,17,21)(H2,16,18,22). The van der Waals surface area contributed by atoms with Crippen LogP contribution >= 0.6 is 12.2 Å². The minimum atomic E-state index is -0.706. The SMILES string of the molecule is O=C1NC2(CCCCC2)C(=O)N1NC(=S)NC1CCCCC1. The fourth-order valence-electron chi connectivity index (χ4n) is 3.78. The van der Waals surface area contributed by atoms with E-state index in [-0.39, 0.29) is 11.9 Å². The highest BCUT2D eigenvalue weighted by atomic mass is 32.1. The highest BCUT2D eigenvalue weighted by molar-refractivity contribution is 7.80. The molecule has 3 N–H and O–H groups in total. The van der Waals surface area contributed by atoms with Gasteiger partial charge in [-0.2, -0.15) is 5.01 Å². The van der Waals surface area contributed by atoms with Crippen molar-refractivity contribution in [3.8, 4) is 0 Å². The van der Waals surface area contributed by atoms with Crippen molar-refractivity contribution < 1.29 is 9.59 Å². The lowest BCUT2D eigenvalue weighted by Gasteiger charge is -2.30. The van der Waals surface area contributed by atoms with E-state index in [1.165, 1.54) is 19.3 Å². The molecule has 1 heterocycles. The van der Waals surface area contributed by atoms with Gasteiger partial charge in [0.1, 0.15) is 5.54 Å². The Bertz CT molecular complexity index is 470. The van der Waals surface area contributed by atoms with E-state index in [2.05, 4.69) is 16.1 Å². The van der Waals surface area contributed by atoms with Gasteiger partial charge in [0.05, 0.1) is 0 Å². The quantitative estimate of drug-likeness (QED) is 0.535. The van der Waals surface area contributed by atoms with Crippen LogP contribution in [0.4, 0.5) is 4.79 Å². The summed E-state index contributed by atoms with van der Waals surface area (Å²) < 4.78 is 0. The second-order valence-electron chi connectivity index (χ2n) is 6.63. The zero-order chi connectivity index (χ0) is 15.6. The normalized spacial score (nSPS) is 25.2. The van der Waals surface area contributed by atoms with E-state index < -0.39 is 5.54 Å². The second-order valence-corrected chi connectivity index (χ2v) is 7.04. The minimum absolute atomic E-state index is 0.190. The van der Waals surface area contributed by atoms with E-state index in [1.807, 2.05) is 0 Å². The largest absolute Gasteiger partial charge is 0.359 e. The van der Waals surface area contributed by atoms with E-state index >= 15 is 0 Å². The zero-order valence-electron chi connectivity index (χ0n) is 12.8. The third-order valence-electron chi connectivity index (χ3n) is 5.02. The molecule has 0 radical (unpaired) electrons. The van der Waals surface area contributed by atoms with Gasteiger partial charge < -0.3 is 10.6 Å². The molecule has 0 atom stereocenters. The van der Waals surface area contributed by atoms with Gasteiger partial charge in [-0.25, -0.2) is 4.79 Å². The maximum absolute atomic E-state index is 12.6. The Morgan fingerprint density at radius 2 is 1.73 bits per heavy atom. The molecule has 122 valence electrons. The van der Waals surface area contributed by atoms with E-state index in [9.17, 15) is 9.59 Å². The van der Waals surface area contributed by atoms with Crippen molar-refractivity contribution in [2.24, 2.45) is 0 Å². The summed E-state index contributed by atoms with van der Waals surface area (Å²) in [5, 5.41) is 7.51. The van der Waals surface area contributed by atoms with E-state index in [4.69, 9.17) is 12.2 Å². The summed E-state index contributed by atoms with van der Waals surface area (Å²) in [5.74, 6) is -0.190. The zero-order valence-corrected chi connectivity index (χ0v) is 13.6. The number of imide groups is 1. The van der Waals surface area contributed by atoms with Crippen LogP contribution in [0.25, 0.3) is 0 Å². The van der Waals surface area contributed by atoms with Crippen molar-refractivity contribution in [2.75, 3.05) is 0 Å². The van der Waals surface area contributed by atoms with Crippen molar-refractivity contribution in [1.82, 2.24) is 21.1 Å². The molecule has 0 unspecified atom stereocenters. The molecule has 22 heavy (non-hydrogen) atoms. The number of hydrogen-bond acceptors (Lipinski definition) is 3. The molecular formula is C15H24N4O2S. The second kappa shape index (κ2) is 6.40. The molecule has 3 amide bonds. The van der Waals surface area contributed by atoms with Gasteiger partial charge in [0.2, 0.25) is 0 Å².